The molecule has 0 bridgehead atoms. The lowest BCUT2D eigenvalue weighted by Crippen LogP contribution is -2.60. The van der Waals surface area contributed by atoms with E-state index < -0.39 is 0 Å². The Bertz CT molecular complexity index is 735. The molecule has 0 aliphatic heterocycles. The summed E-state index contributed by atoms with van der Waals surface area (Å²) in [6.07, 6.45) is 13.0. The van der Waals surface area contributed by atoms with Crippen molar-refractivity contribution in [2.45, 2.75) is 112 Å². The van der Waals surface area contributed by atoms with Gasteiger partial charge in [-0.25, -0.2) is 0 Å². The monoisotopic (exact) mass is 414 g/mol. The van der Waals surface area contributed by atoms with Crippen LogP contribution < -0.4 is 0 Å². The standard InChI is InChI=1S/C28H46O2/c1-25(2)13-14-27(5)22(15-25)21-9-7-18-17-8-12-23(29)26(3,4)19(17)10-11-20(18)28(21,6)16-24(27)30/h9,17-20,22-24,29-30H,7-8,10-16H2,1-6H3/t17-,18-,19-,20-,22-,23-,24-,27+,28-/m0/s1. The second-order valence-electron chi connectivity index (χ2n) is 14.0. The second kappa shape index (κ2) is 6.60. The van der Waals surface area contributed by atoms with Crippen molar-refractivity contribution in [1.29, 1.82) is 0 Å². The topological polar surface area (TPSA) is 40.5 Å². The van der Waals surface area contributed by atoms with Crippen molar-refractivity contribution in [3.63, 3.8) is 0 Å². The molecule has 4 fully saturated rings. The van der Waals surface area contributed by atoms with Gasteiger partial charge in [-0.15, -0.1) is 0 Å². The Balaban J connectivity index is 1.51. The maximum Gasteiger partial charge on any atom is 0.0607 e. The van der Waals surface area contributed by atoms with Crippen molar-refractivity contribution in [2.75, 3.05) is 0 Å². The number of allylic oxidation sites excluding steroid dienone is 2. The number of hydrogen-bond donors (Lipinski definition) is 2. The highest BCUT2D eigenvalue weighted by molar-refractivity contribution is 5.31. The Labute approximate surface area is 184 Å². The molecule has 0 heterocycles. The van der Waals surface area contributed by atoms with Gasteiger partial charge in [-0.3, -0.25) is 0 Å². The van der Waals surface area contributed by atoms with E-state index in [-0.39, 0.29) is 28.5 Å². The van der Waals surface area contributed by atoms with Gasteiger partial charge in [0.15, 0.2) is 0 Å². The van der Waals surface area contributed by atoms with E-state index in [1.165, 1.54) is 44.9 Å². The number of aliphatic hydroxyl groups excluding tert-OH is 2. The van der Waals surface area contributed by atoms with Gasteiger partial charge in [-0.1, -0.05) is 53.2 Å². The highest BCUT2D eigenvalue weighted by Crippen LogP contribution is 2.68. The van der Waals surface area contributed by atoms with E-state index >= 15 is 0 Å². The van der Waals surface area contributed by atoms with Gasteiger partial charge in [0.05, 0.1) is 12.2 Å². The highest BCUT2D eigenvalue weighted by atomic mass is 16.3. The Morgan fingerprint density at radius 3 is 2.20 bits per heavy atom. The van der Waals surface area contributed by atoms with E-state index in [0.29, 0.717) is 23.2 Å². The van der Waals surface area contributed by atoms with Crippen molar-refractivity contribution < 1.29 is 10.2 Å². The molecule has 0 saturated heterocycles. The van der Waals surface area contributed by atoms with E-state index in [1.807, 2.05) is 0 Å². The Morgan fingerprint density at radius 1 is 0.767 bits per heavy atom. The average molecular weight is 415 g/mol. The predicted octanol–water partition coefficient (Wildman–Crippen LogP) is 6.36. The zero-order valence-electron chi connectivity index (χ0n) is 20.4. The predicted molar refractivity (Wildman–Crippen MR) is 123 cm³/mol. The van der Waals surface area contributed by atoms with E-state index in [0.717, 1.165) is 24.7 Å². The third-order valence-electron chi connectivity index (χ3n) is 11.7. The van der Waals surface area contributed by atoms with Crippen molar-refractivity contribution in [2.24, 2.45) is 51.2 Å². The maximum absolute atomic E-state index is 11.5. The maximum atomic E-state index is 11.5. The number of fused-ring (bicyclic) bond motifs is 7. The van der Waals surface area contributed by atoms with Gasteiger partial charge < -0.3 is 10.2 Å². The first-order chi connectivity index (χ1) is 13.9. The summed E-state index contributed by atoms with van der Waals surface area (Å²) >= 11 is 0. The van der Waals surface area contributed by atoms with Crippen molar-refractivity contribution in [3.05, 3.63) is 11.6 Å². The molecule has 0 aromatic carbocycles. The van der Waals surface area contributed by atoms with E-state index in [4.69, 9.17) is 0 Å². The first kappa shape index (κ1) is 21.5. The second-order valence-corrected chi connectivity index (χ2v) is 14.0. The summed E-state index contributed by atoms with van der Waals surface area (Å²) in [4.78, 5) is 0. The van der Waals surface area contributed by atoms with Crippen LogP contribution in [0.4, 0.5) is 0 Å². The summed E-state index contributed by atoms with van der Waals surface area (Å²) < 4.78 is 0. The van der Waals surface area contributed by atoms with Crippen LogP contribution in [-0.4, -0.2) is 22.4 Å². The quantitative estimate of drug-likeness (QED) is 0.453. The average Bonchev–Trinajstić information content (AvgIpc) is 2.66. The van der Waals surface area contributed by atoms with Crippen molar-refractivity contribution in [3.8, 4) is 0 Å². The summed E-state index contributed by atoms with van der Waals surface area (Å²) in [7, 11) is 0. The smallest absolute Gasteiger partial charge is 0.0607 e. The molecule has 2 heteroatoms. The minimum absolute atomic E-state index is 0.0524. The third-order valence-corrected chi connectivity index (χ3v) is 11.7. The summed E-state index contributed by atoms with van der Waals surface area (Å²) in [6, 6.07) is 0. The van der Waals surface area contributed by atoms with Gasteiger partial charge >= 0.3 is 0 Å². The van der Waals surface area contributed by atoms with Crippen LogP contribution in [-0.2, 0) is 0 Å². The van der Waals surface area contributed by atoms with Gasteiger partial charge in [0.1, 0.15) is 0 Å². The van der Waals surface area contributed by atoms with E-state index in [2.05, 4.69) is 47.6 Å². The SMILES string of the molecule is CC1(C)CC[C@@]2(C)[C@@H](O)C[C@]3(C)C(=CC[C@H]4[C@@H]5CC[C@H](O)C(C)(C)[C@H]5CC[C@@H]43)[C@@H]2C1. The molecule has 0 radical (unpaired) electrons. The molecule has 5 aliphatic rings. The molecule has 2 N–H and O–H groups in total. The molecule has 5 aliphatic carbocycles. The van der Waals surface area contributed by atoms with Crippen LogP contribution in [0.25, 0.3) is 0 Å². The molecule has 9 atom stereocenters. The third kappa shape index (κ3) is 2.81. The minimum Gasteiger partial charge on any atom is -0.393 e. The molecule has 0 aromatic rings. The molecular formula is C28H46O2. The normalized spacial score (nSPS) is 54.1. The molecule has 170 valence electrons. The van der Waals surface area contributed by atoms with Crippen LogP contribution >= 0.6 is 0 Å². The lowest BCUT2D eigenvalue weighted by Gasteiger charge is -2.65. The van der Waals surface area contributed by atoms with Gasteiger partial charge in [0.2, 0.25) is 0 Å². The summed E-state index contributed by atoms with van der Waals surface area (Å²) in [5.74, 6) is 3.43. The number of rotatable bonds is 0. The Hall–Kier alpha value is -0.340. The van der Waals surface area contributed by atoms with Crippen LogP contribution in [0.5, 0.6) is 0 Å². The Kier molecular flexibility index (Phi) is 4.73. The molecule has 0 unspecified atom stereocenters. The first-order valence-corrected chi connectivity index (χ1v) is 13.0. The molecule has 0 amide bonds. The summed E-state index contributed by atoms with van der Waals surface area (Å²) in [5, 5.41) is 22.2. The van der Waals surface area contributed by atoms with Gasteiger partial charge in [0.25, 0.3) is 0 Å². The van der Waals surface area contributed by atoms with Crippen LogP contribution in [0.3, 0.4) is 0 Å². The van der Waals surface area contributed by atoms with Crippen LogP contribution in [0, 0.1) is 51.2 Å². The fourth-order valence-electron chi connectivity index (χ4n) is 9.51. The van der Waals surface area contributed by atoms with Crippen LogP contribution in [0.1, 0.15) is 99.3 Å². The van der Waals surface area contributed by atoms with Gasteiger partial charge in [0, 0.05) is 5.41 Å². The summed E-state index contributed by atoms with van der Waals surface area (Å²) in [6.45, 7) is 14.5. The van der Waals surface area contributed by atoms with Gasteiger partial charge in [-0.05, 0) is 104 Å². The van der Waals surface area contributed by atoms with Gasteiger partial charge in [-0.2, -0.15) is 0 Å². The zero-order valence-corrected chi connectivity index (χ0v) is 20.4. The van der Waals surface area contributed by atoms with Crippen molar-refractivity contribution in [1.82, 2.24) is 0 Å². The molecule has 2 nitrogen and oxygen atoms in total. The molecule has 5 rings (SSSR count). The molecule has 0 spiro atoms. The Morgan fingerprint density at radius 2 is 1.47 bits per heavy atom. The minimum atomic E-state index is -0.165. The first-order valence-electron chi connectivity index (χ1n) is 13.0. The summed E-state index contributed by atoms with van der Waals surface area (Å²) in [5.41, 5.74) is 2.42. The molecule has 4 saturated carbocycles. The molecule has 30 heavy (non-hydrogen) atoms. The fraction of sp³-hybridized carbons (Fsp3) is 0.929. The van der Waals surface area contributed by atoms with Crippen LogP contribution in [0.15, 0.2) is 11.6 Å². The molecule has 0 aromatic heterocycles. The number of aliphatic hydroxyl groups is 2. The fourth-order valence-corrected chi connectivity index (χ4v) is 9.51. The van der Waals surface area contributed by atoms with Crippen LogP contribution in [0.2, 0.25) is 0 Å². The largest absolute Gasteiger partial charge is 0.393 e. The highest BCUT2D eigenvalue weighted by Gasteiger charge is 2.62. The lowest BCUT2D eigenvalue weighted by atomic mass is 9.40. The zero-order chi connectivity index (χ0) is 21.7. The van der Waals surface area contributed by atoms with E-state index in [1.54, 1.807) is 5.57 Å². The number of hydrogen-bond acceptors (Lipinski definition) is 2. The lowest BCUT2D eigenvalue weighted by molar-refractivity contribution is -0.147. The van der Waals surface area contributed by atoms with Crippen molar-refractivity contribution >= 4 is 0 Å². The molecular weight excluding hydrogens is 368 g/mol. The van der Waals surface area contributed by atoms with E-state index in [9.17, 15) is 10.2 Å².